The maximum Gasteiger partial charge on any atom is 0.354 e. The minimum Gasteiger partial charge on any atom is -0.477 e. The van der Waals surface area contributed by atoms with Crippen LogP contribution in [0.4, 0.5) is 0 Å². The molecular formula is C33H30IrN3O3-. The van der Waals surface area contributed by atoms with Crippen LogP contribution in [0.15, 0.2) is 54.9 Å². The molecule has 1 N–H and O–H groups in total. The van der Waals surface area contributed by atoms with Crippen molar-refractivity contribution in [2.24, 2.45) is 0 Å². The van der Waals surface area contributed by atoms with Crippen LogP contribution in [0, 0.1) is 17.4 Å². The van der Waals surface area contributed by atoms with Crippen molar-refractivity contribution in [2.45, 2.75) is 75.0 Å². The second-order valence-electron chi connectivity index (χ2n) is 11.1. The minimum absolute atomic E-state index is 0. The number of carboxylic acids is 1. The number of aromatic nitrogens is 2. The van der Waals surface area contributed by atoms with Crippen molar-refractivity contribution in [3.63, 3.8) is 0 Å². The van der Waals surface area contributed by atoms with E-state index in [-0.39, 0.29) is 36.6 Å². The number of aromatic carboxylic acids is 1. The van der Waals surface area contributed by atoms with Crippen LogP contribution in [0.5, 0.6) is 0 Å². The van der Waals surface area contributed by atoms with Crippen LogP contribution in [0.2, 0.25) is 0 Å². The first-order valence-electron chi connectivity index (χ1n) is 13.9. The molecule has 2 saturated carbocycles. The van der Waals surface area contributed by atoms with Crippen LogP contribution < -0.4 is 0 Å². The Morgan fingerprint density at radius 1 is 0.900 bits per heavy atom. The van der Waals surface area contributed by atoms with E-state index in [9.17, 15) is 14.9 Å². The summed E-state index contributed by atoms with van der Waals surface area (Å²) < 4.78 is 0. The molecule has 3 aliphatic carbocycles. The van der Waals surface area contributed by atoms with Crippen LogP contribution in [0.25, 0.3) is 21.7 Å². The molecule has 3 aliphatic rings. The first-order chi connectivity index (χ1) is 19.0. The van der Waals surface area contributed by atoms with E-state index >= 15 is 0 Å². The molecule has 7 heteroatoms. The monoisotopic (exact) mass is 709 g/mol. The Morgan fingerprint density at radius 3 is 2.17 bits per heavy atom. The Hall–Kier alpha value is -3.46. The van der Waals surface area contributed by atoms with Crippen molar-refractivity contribution in [1.29, 1.82) is 5.26 Å². The largest absolute Gasteiger partial charge is 0.477 e. The molecule has 0 amide bonds. The summed E-state index contributed by atoms with van der Waals surface area (Å²) in [5.41, 5.74) is 3.46. The van der Waals surface area contributed by atoms with Gasteiger partial charge in [0.25, 0.3) is 0 Å². The number of pyridine rings is 2. The van der Waals surface area contributed by atoms with Gasteiger partial charge in [-0.3, -0.25) is 4.79 Å². The number of carbonyl (C=O) groups excluding carboxylic acids is 1. The fourth-order valence-electron chi connectivity index (χ4n) is 7.38. The summed E-state index contributed by atoms with van der Waals surface area (Å²) in [7, 11) is 0. The number of fused-ring (bicyclic) bond motifs is 7. The number of benzene rings is 2. The molecule has 2 fully saturated rings. The second kappa shape index (κ2) is 11.2. The molecule has 0 aliphatic heterocycles. The first-order valence-corrected chi connectivity index (χ1v) is 13.9. The molecule has 6 nitrogen and oxygen atoms in total. The van der Waals surface area contributed by atoms with Gasteiger partial charge in [0.05, 0.1) is 16.9 Å². The first kappa shape index (κ1) is 28.1. The summed E-state index contributed by atoms with van der Waals surface area (Å²) in [6.07, 6.45) is 14.4. The second-order valence-corrected chi connectivity index (χ2v) is 11.1. The molecule has 2 spiro atoms. The standard InChI is InChI=1S/C27H25N2O.C6H5NO2.Ir/c28-16-18-8-7-9-20-19(18)10-11-21-23-22(17-29-24(20)21)26(12-3-1-4-13-26)25(30)27(23)14-5-2-6-15-27;8-6(9)5-3-1-2-4-7-5;/h7-8,10-11,17H,1-6,12-15H2;1-4H,(H,8,9);/q-1;;. The van der Waals surface area contributed by atoms with Crippen molar-refractivity contribution in [1.82, 2.24) is 9.97 Å². The van der Waals surface area contributed by atoms with Crippen LogP contribution in [-0.2, 0) is 35.7 Å². The van der Waals surface area contributed by atoms with Gasteiger partial charge in [-0.25, -0.2) is 9.78 Å². The van der Waals surface area contributed by atoms with Crippen molar-refractivity contribution in [3.8, 4) is 6.07 Å². The van der Waals surface area contributed by atoms with E-state index in [0.717, 1.165) is 73.0 Å². The van der Waals surface area contributed by atoms with E-state index in [1.54, 1.807) is 12.1 Å². The molecule has 205 valence electrons. The topological polar surface area (TPSA) is 104 Å². The van der Waals surface area contributed by atoms with Crippen LogP contribution in [0.3, 0.4) is 0 Å². The van der Waals surface area contributed by atoms with Crippen molar-refractivity contribution >= 4 is 33.4 Å². The predicted molar refractivity (Wildman–Crippen MR) is 149 cm³/mol. The smallest absolute Gasteiger partial charge is 0.354 e. The number of carboxylic acid groups (broad SMARTS) is 1. The van der Waals surface area contributed by atoms with Crippen molar-refractivity contribution in [3.05, 3.63) is 83.3 Å². The Morgan fingerprint density at radius 2 is 1.57 bits per heavy atom. The fraction of sp³-hybridized carbons (Fsp3) is 0.364. The zero-order valence-corrected chi connectivity index (χ0v) is 24.6. The number of hydrogen-bond acceptors (Lipinski definition) is 5. The van der Waals surface area contributed by atoms with Gasteiger partial charge in [0.2, 0.25) is 0 Å². The maximum atomic E-state index is 14.2. The molecule has 0 bridgehead atoms. The van der Waals surface area contributed by atoms with E-state index in [1.165, 1.54) is 36.2 Å². The Bertz CT molecular complexity index is 1630. The van der Waals surface area contributed by atoms with Gasteiger partial charge in [0.15, 0.2) is 5.78 Å². The number of rotatable bonds is 1. The molecule has 0 saturated heterocycles. The molecular weight excluding hydrogens is 679 g/mol. The SMILES string of the molecule is N#Cc1cc[c-]c2c1ccc1c3c(cnc12)C1(CCCCC1)C(=O)C31CCCCC1.O=C(O)c1ccccn1.[Ir]. The molecule has 0 unspecified atom stereocenters. The summed E-state index contributed by atoms with van der Waals surface area (Å²) in [6, 6.07) is 18.2. The summed E-state index contributed by atoms with van der Waals surface area (Å²) in [4.78, 5) is 32.9. The molecule has 2 aromatic carbocycles. The van der Waals surface area contributed by atoms with E-state index < -0.39 is 5.97 Å². The number of hydrogen-bond donors (Lipinski definition) is 1. The molecule has 40 heavy (non-hydrogen) atoms. The number of nitriles is 1. The van der Waals surface area contributed by atoms with E-state index in [4.69, 9.17) is 10.1 Å². The third kappa shape index (κ3) is 4.35. The van der Waals surface area contributed by atoms with Gasteiger partial charge in [-0.1, -0.05) is 62.1 Å². The molecule has 7 rings (SSSR count). The number of carbonyl (C=O) groups is 2. The van der Waals surface area contributed by atoms with Gasteiger partial charge in [0.1, 0.15) is 5.69 Å². The normalized spacial score (nSPS) is 18.4. The zero-order valence-electron chi connectivity index (χ0n) is 22.2. The summed E-state index contributed by atoms with van der Waals surface area (Å²) >= 11 is 0. The fourth-order valence-corrected chi connectivity index (χ4v) is 7.38. The van der Waals surface area contributed by atoms with E-state index in [2.05, 4.69) is 23.2 Å². The molecule has 2 aromatic heterocycles. The predicted octanol–water partition coefficient (Wildman–Crippen LogP) is 6.82. The van der Waals surface area contributed by atoms with Crippen LogP contribution >= 0.6 is 0 Å². The van der Waals surface area contributed by atoms with E-state index in [1.807, 2.05) is 24.4 Å². The number of Topliss-reactive ketones (excluding diaryl/α,β-unsaturated/α-hetero) is 1. The molecule has 0 atom stereocenters. The average molecular weight is 709 g/mol. The number of ketones is 1. The third-order valence-corrected chi connectivity index (χ3v) is 9.09. The summed E-state index contributed by atoms with van der Waals surface area (Å²) in [5.74, 6) is -0.496. The van der Waals surface area contributed by atoms with Crippen LogP contribution in [0.1, 0.15) is 91.4 Å². The maximum absolute atomic E-state index is 14.2. The van der Waals surface area contributed by atoms with Gasteiger partial charge < -0.3 is 10.1 Å². The van der Waals surface area contributed by atoms with Crippen molar-refractivity contribution < 1.29 is 34.8 Å². The van der Waals surface area contributed by atoms with Gasteiger partial charge >= 0.3 is 5.97 Å². The summed E-state index contributed by atoms with van der Waals surface area (Å²) in [6.45, 7) is 0. The van der Waals surface area contributed by atoms with Crippen LogP contribution in [-0.4, -0.2) is 26.8 Å². The Labute approximate surface area is 247 Å². The van der Waals surface area contributed by atoms with Crippen molar-refractivity contribution in [2.75, 3.05) is 0 Å². The summed E-state index contributed by atoms with van der Waals surface area (Å²) in [5, 5.41) is 20.8. The van der Waals surface area contributed by atoms with E-state index in [0.29, 0.717) is 11.3 Å². The third-order valence-electron chi connectivity index (χ3n) is 9.09. The van der Waals surface area contributed by atoms with Gasteiger partial charge in [-0.15, -0.1) is 23.6 Å². The minimum atomic E-state index is -0.990. The zero-order chi connectivity index (χ0) is 27.0. The van der Waals surface area contributed by atoms with Gasteiger partial charge in [0, 0.05) is 32.5 Å². The van der Waals surface area contributed by atoms with Gasteiger partial charge in [-0.2, -0.15) is 5.26 Å². The average Bonchev–Trinajstić information content (AvgIpc) is 3.18. The molecule has 4 aromatic rings. The molecule has 1 radical (unpaired) electrons. The quantitative estimate of drug-likeness (QED) is 0.172. The Balaban J connectivity index is 0.000000278. The number of nitrogens with zero attached hydrogens (tertiary/aromatic N) is 3. The molecule has 2 heterocycles. The Kier molecular flexibility index (Phi) is 7.86. The van der Waals surface area contributed by atoms with Gasteiger partial charge in [-0.05, 0) is 65.4 Å².